The van der Waals surface area contributed by atoms with Crippen molar-refractivity contribution in [1.29, 1.82) is 0 Å². The lowest BCUT2D eigenvalue weighted by Gasteiger charge is -2.22. The van der Waals surface area contributed by atoms with Crippen LogP contribution in [-0.2, 0) is 4.79 Å². The molecule has 0 saturated heterocycles. The molecule has 2 aromatic carbocycles. The zero-order chi connectivity index (χ0) is 20.2. The summed E-state index contributed by atoms with van der Waals surface area (Å²) in [5.41, 5.74) is 5.72. The Morgan fingerprint density at radius 2 is 1.78 bits per heavy atom. The first kappa shape index (κ1) is 20.7. The number of hydrogen-bond donors (Lipinski definition) is 1. The van der Waals surface area contributed by atoms with Crippen molar-refractivity contribution in [2.45, 2.75) is 47.5 Å². The van der Waals surface area contributed by atoms with Crippen LogP contribution < -0.4 is 4.74 Å². The van der Waals surface area contributed by atoms with Gasteiger partial charge in [-0.1, -0.05) is 32.0 Å². The van der Waals surface area contributed by atoms with Gasteiger partial charge in [0, 0.05) is 5.56 Å². The monoisotopic (exact) mass is 368 g/mol. The molecule has 0 bridgehead atoms. The third kappa shape index (κ3) is 5.19. The number of benzene rings is 2. The fourth-order valence-electron chi connectivity index (χ4n) is 3.43. The van der Waals surface area contributed by atoms with Crippen molar-refractivity contribution in [3.05, 3.63) is 52.6 Å². The standard InChI is InChI=1S/C23H28O4/c1-15-11-19(27-10-9-23(4,5)13-21(25)26)12-16(2)22(15)20-8-6-7-18(14-24)17(20)3/h6-8,11-12,14H,9-10,13H2,1-5H3,(H,25,26). The van der Waals surface area contributed by atoms with Crippen LogP contribution in [0.5, 0.6) is 5.75 Å². The first-order valence-corrected chi connectivity index (χ1v) is 9.15. The summed E-state index contributed by atoms with van der Waals surface area (Å²) in [5.74, 6) is -0.00645. The lowest BCUT2D eigenvalue weighted by molar-refractivity contribution is -0.139. The van der Waals surface area contributed by atoms with Gasteiger partial charge in [0.25, 0.3) is 0 Å². The van der Waals surface area contributed by atoms with Crippen molar-refractivity contribution in [3.63, 3.8) is 0 Å². The van der Waals surface area contributed by atoms with Gasteiger partial charge in [-0.15, -0.1) is 0 Å². The molecule has 0 heterocycles. The molecule has 0 aromatic heterocycles. The quantitative estimate of drug-likeness (QED) is 0.637. The smallest absolute Gasteiger partial charge is 0.303 e. The normalized spacial score (nSPS) is 11.3. The third-order valence-electron chi connectivity index (χ3n) is 4.96. The highest BCUT2D eigenvalue weighted by Crippen LogP contribution is 2.34. The molecule has 144 valence electrons. The first-order chi connectivity index (χ1) is 12.6. The minimum absolute atomic E-state index is 0.125. The highest BCUT2D eigenvalue weighted by atomic mass is 16.5. The van der Waals surface area contributed by atoms with Crippen molar-refractivity contribution >= 4 is 12.3 Å². The number of carbonyl (C=O) groups excluding carboxylic acids is 1. The minimum Gasteiger partial charge on any atom is -0.494 e. The third-order valence-corrected chi connectivity index (χ3v) is 4.96. The van der Waals surface area contributed by atoms with Crippen LogP contribution in [0.4, 0.5) is 0 Å². The highest BCUT2D eigenvalue weighted by Gasteiger charge is 2.22. The molecular weight excluding hydrogens is 340 g/mol. The lowest BCUT2D eigenvalue weighted by atomic mass is 9.86. The SMILES string of the molecule is Cc1cc(OCCC(C)(C)CC(=O)O)cc(C)c1-c1cccc(C=O)c1C. The van der Waals surface area contributed by atoms with E-state index >= 15 is 0 Å². The Kier molecular flexibility index (Phi) is 6.42. The van der Waals surface area contributed by atoms with Gasteiger partial charge in [0.15, 0.2) is 0 Å². The predicted molar refractivity (Wildman–Crippen MR) is 108 cm³/mol. The number of carbonyl (C=O) groups is 2. The van der Waals surface area contributed by atoms with Crippen LogP contribution in [0.15, 0.2) is 30.3 Å². The molecule has 0 aliphatic rings. The van der Waals surface area contributed by atoms with Crippen molar-refractivity contribution in [1.82, 2.24) is 0 Å². The summed E-state index contributed by atoms with van der Waals surface area (Å²) >= 11 is 0. The topological polar surface area (TPSA) is 63.6 Å². The van der Waals surface area contributed by atoms with Gasteiger partial charge in [-0.25, -0.2) is 0 Å². The van der Waals surface area contributed by atoms with E-state index in [2.05, 4.69) is 0 Å². The van der Waals surface area contributed by atoms with Crippen LogP contribution >= 0.6 is 0 Å². The Hall–Kier alpha value is -2.62. The van der Waals surface area contributed by atoms with Crippen LogP contribution in [0, 0.1) is 26.2 Å². The molecule has 2 aromatic rings. The highest BCUT2D eigenvalue weighted by molar-refractivity contribution is 5.84. The average molecular weight is 368 g/mol. The maximum absolute atomic E-state index is 11.2. The molecular formula is C23H28O4. The molecule has 4 nitrogen and oxygen atoms in total. The largest absolute Gasteiger partial charge is 0.494 e. The van der Waals surface area contributed by atoms with E-state index in [0.717, 1.165) is 39.9 Å². The van der Waals surface area contributed by atoms with Gasteiger partial charge in [0.1, 0.15) is 12.0 Å². The molecule has 0 fully saturated rings. The number of aryl methyl sites for hydroxylation is 2. The zero-order valence-electron chi connectivity index (χ0n) is 16.8. The van der Waals surface area contributed by atoms with Gasteiger partial charge >= 0.3 is 5.97 Å². The van der Waals surface area contributed by atoms with Crippen molar-refractivity contribution in [3.8, 4) is 16.9 Å². The van der Waals surface area contributed by atoms with Crippen LogP contribution in [-0.4, -0.2) is 24.0 Å². The molecule has 1 N–H and O–H groups in total. The second kappa shape index (κ2) is 8.38. The predicted octanol–water partition coefficient (Wildman–Crippen LogP) is 5.36. The van der Waals surface area contributed by atoms with Crippen molar-refractivity contribution < 1.29 is 19.4 Å². The molecule has 0 aliphatic carbocycles. The number of aldehydes is 1. The molecule has 0 aliphatic heterocycles. The Morgan fingerprint density at radius 3 is 2.33 bits per heavy atom. The van der Waals surface area contributed by atoms with Crippen molar-refractivity contribution in [2.75, 3.05) is 6.61 Å². The van der Waals surface area contributed by atoms with E-state index in [4.69, 9.17) is 9.84 Å². The molecule has 0 atom stereocenters. The van der Waals surface area contributed by atoms with Crippen LogP contribution in [0.1, 0.15) is 53.7 Å². The summed E-state index contributed by atoms with van der Waals surface area (Å²) in [6.07, 6.45) is 1.68. The number of ether oxygens (including phenoxy) is 1. The van der Waals surface area contributed by atoms with E-state index in [9.17, 15) is 9.59 Å². The molecule has 4 heteroatoms. The number of hydrogen-bond acceptors (Lipinski definition) is 3. The fraction of sp³-hybridized carbons (Fsp3) is 0.391. The van der Waals surface area contributed by atoms with Gasteiger partial charge in [-0.2, -0.15) is 0 Å². The second-order valence-corrected chi connectivity index (χ2v) is 7.90. The van der Waals surface area contributed by atoms with E-state index in [0.29, 0.717) is 18.6 Å². The molecule has 0 saturated carbocycles. The summed E-state index contributed by atoms with van der Waals surface area (Å²) in [5, 5.41) is 8.97. The molecule has 2 rings (SSSR count). The zero-order valence-corrected chi connectivity index (χ0v) is 16.8. The summed E-state index contributed by atoms with van der Waals surface area (Å²) in [7, 11) is 0. The van der Waals surface area contributed by atoms with Gasteiger partial charge in [-0.3, -0.25) is 9.59 Å². The van der Waals surface area contributed by atoms with Crippen molar-refractivity contribution in [2.24, 2.45) is 5.41 Å². The van der Waals surface area contributed by atoms with E-state index in [1.54, 1.807) is 0 Å². The fourth-order valence-corrected chi connectivity index (χ4v) is 3.43. The van der Waals surface area contributed by atoms with E-state index in [1.165, 1.54) is 0 Å². The van der Waals surface area contributed by atoms with Gasteiger partial charge in [0.05, 0.1) is 13.0 Å². The Bertz CT molecular complexity index is 826. The number of carboxylic acids is 1. The maximum atomic E-state index is 11.2. The van der Waals surface area contributed by atoms with E-state index < -0.39 is 5.97 Å². The molecule has 27 heavy (non-hydrogen) atoms. The Balaban J connectivity index is 2.20. The van der Waals surface area contributed by atoms with E-state index in [-0.39, 0.29) is 11.8 Å². The maximum Gasteiger partial charge on any atom is 0.303 e. The molecule has 0 spiro atoms. The van der Waals surface area contributed by atoms with Gasteiger partial charge < -0.3 is 9.84 Å². The van der Waals surface area contributed by atoms with Gasteiger partial charge in [-0.05, 0) is 72.6 Å². The lowest BCUT2D eigenvalue weighted by Crippen LogP contribution is -2.19. The molecule has 0 amide bonds. The summed E-state index contributed by atoms with van der Waals surface area (Å²) < 4.78 is 5.90. The second-order valence-electron chi connectivity index (χ2n) is 7.90. The Labute approximate surface area is 161 Å². The van der Waals surface area contributed by atoms with E-state index in [1.807, 2.05) is 65.0 Å². The van der Waals surface area contributed by atoms with Crippen LogP contribution in [0.3, 0.4) is 0 Å². The number of rotatable bonds is 8. The summed E-state index contributed by atoms with van der Waals surface area (Å²) in [4.78, 5) is 22.2. The minimum atomic E-state index is -0.788. The summed E-state index contributed by atoms with van der Waals surface area (Å²) in [6.45, 7) is 10.4. The van der Waals surface area contributed by atoms with Crippen LogP contribution in [0.2, 0.25) is 0 Å². The van der Waals surface area contributed by atoms with Gasteiger partial charge in [0.2, 0.25) is 0 Å². The van der Waals surface area contributed by atoms with Crippen LogP contribution in [0.25, 0.3) is 11.1 Å². The number of carboxylic acid groups (broad SMARTS) is 1. The number of aliphatic carboxylic acids is 1. The Morgan fingerprint density at radius 1 is 1.15 bits per heavy atom. The average Bonchev–Trinajstić information content (AvgIpc) is 2.54. The molecule has 0 radical (unpaired) electrons. The first-order valence-electron chi connectivity index (χ1n) is 9.15. The summed E-state index contributed by atoms with van der Waals surface area (Å²) in [6, 6.07) is 9.76. The molecule has 0 unspecified atom stereocenters.